The van der Waals surface area contributed by atoms with Gasteiger partial charge >= 0.3 is 0 Å². The predicted molar refractivity (Wildman–Crippen MR) is 70.0 cm³/mol. The number of ether oxygens (including phenoxy) is 1. The van der Waals surface area contributed by atoms with Gasteiger partial charge in [-0.3, -0.25) is 14.9 Å². The maximum Gasteiger partial charge on any atom is 0.288 e. The molecular formula is C13H7ClFNO4. The minimum absolute atomic E-state index is 0.0945. The summed E-state index contributed by atoms with van der Waals surface area (Å²) in [7, 11) is 0. The second kappa shape index (κ2) is 5.66. The van der Waals surface area contributed by atoms with Crippen LogP contribution in [0.1, 0.15) is 10.4 Å². The van der Waals surface area contributed by atoms with Crippen molar-refractivity contribution in [1.82, 2.24) is 0 Å². The number of benzene rings is 2. The predicted octanol–water partition coefficient (Wildman–Crippen LogP) is 3.99. The Morgan fingerprint density at radius 3 is 2.55 bits per heavy atom. The van der Waals surface area contributed by atoms with Gasteiger partial charge in [0.1, 0.15) is 28.6 Å². The van der Waals surface area contributed by atoms with Crippen molar-refractivity contribution in [2.75, 3.05) is 0 Å². The molecule has 0 saturated heterocycles. The molecule has 0 aliphatic heterocycles. The Morgan fingerprint density at radius 1 is 1.20 bits per heavy atom. The lowest BCUT2D eigenvalue weighted by molar-refractivity contribution is -0.384. The number of carbonyl (C=O) groups is 1. The Balaban J connectivity index is 2.30. The lowest BCUT2D eigenvalue weighted by Gasteiger charge is -2.07. The lowest BCUT2D eigenvalue weighted by Crippen LogP contribution is -1.91. The second-order valence-corrected chi connectivity index (χ2v) is 4.22. The molecule has 0 unspecified atom stereocenters. The number of aldehydes is 1. The van der Waals surface area contributed by atoms with Gasteiger partial charge in [0, 0.05) is 23.8 Å². The van der Waals surface area contributed by atoms with Crippen LogP contribution in [-0.2, 0) is 0 Å². The summed E-state index contributed by atoms with van der Waals surface area (Å²) in [6.07, 6.45) is 0.485. The molecule has 2 rings (SSSR count). The van der Waals surface area contributed by atoms with Crippen LogP contribution < -0.4 is 4.74 Å². The first kappa shape index (κ1) is 14.0. The molecule has 0 amide bonds. The molecule has 7 heteroatoms. The summed E-state index contributed by atoms with van der Waals surface area (Å²) < 4.78 is 18.5. The molecule has 2 aromatic carbocycles. The summed E-state index contributed by atoms with van der Waals surface area (Å²) in [5, 5.41) is 10.5. The Hall–Kier alpha value is -2.47. The third-order valence-corrected chi connectivity index (χ3v) is 2.68. The zero-order chi connectivity index (χ0) is 14.7. The molecule has 20 heavy (non-hydrogen) atoms. The van der Waals surface area contributed by atoms with Crippen molar-refractivity contribution in [1.29, 1.82) is 0 Å². The number of nitro benzene ring substituents is 1. The molecule has 0 N–H and O–H groups in total. The number of nitro groups is 1. The van der Waals surface area contributed by atoms with E-state index in [1.165, 1.54) is 24.3 Å². The first-order valence-corrected chi connectivity index (χ1v) is 5.75. The topological polar surface area (TPSA) is 69.4 Å². The third-order valence-electron chi connectivity index (χ3n) is 2.38. The molecule has 0 fully saturated rings. The Kier molecular flexibility index (Phi) is 3.95. The van der Waals surface area contributed by atoms with E-state index < -0.39 is 10.7 Å². The van der Waals surface area contributed by atoms with Crippen LogP contribution in [0.3, 0.4) is 0 Å². The molecule has 0 saturated carbocycles. The van der Waals surface area contributed by atoms with E-state index in [0.29, 0.717) is 6.29 Å². The Labute approximate surface area is 117 Å². The van der Waals surface area contributed by atoms with Crippen LogP contribution in [0.25, 0.3) is 0 Å². The lowest BCUT2D eigenvalue weighted by atomic mass is 10.2. The summed E-state index contributed by atoms with van der Waals surface area (Å²) in [4.78, 5) is 20.6. The van der Waals surface area contributed by atoms with Crippen LogP contribution in [0.2, 0.25) is 5.02 Å². The van der Waals surface area contributed by atoms with Gasteiger partial charge in [-0.25, -0.2) is 4.39 Å². The standard InChI is InChI=1S/C13H7ClFNO4/c14-12-6-10(1-2-13(12)16(18)19)20-11-4-8(7-17)3-9(15)5-11/h1-7H. The van der Waals surface area contributed by atoms with E-state index in [9.17, 15) is 19.3 Å². The highest BCUT2D eigenvalue weighted by Gasteiger charge is 2.13. The van der Waals surface area contributed by atoms with E-state index in [-0.39, 0.29) is 27.8 Å². The van der Waals surface area contributed by atoms with Crippen LogP contribution >= 0.6 is 11.6 Å². The van der Waals surface area contributed by atoms with Gasteiger partial charge in [0.2, 0.25) is 0 Å². The van der Waals surface area contributed by atoms with E-state index in [1.807, 2.05) is 0 Å². The summed E-state index contributed by atoms with van der Waals surface area (Å²) in [5.74, 6) is -0.335. The van der Waals surface area contributed by atoms with Crippen molar-refractivity contribution in [2.45, 2.75) is 0 Å². The van der Waals surface area contributed by atoms with Crippen LogP contribution in [0.15, 0.2) is 36.4 Å². The molecule has 0 aromatic heterocycles. The van der Waals surface area contributed by atoms with E-state index in [1.54, 1.807) is 0 Å². The van der Waals surface area contributed by atoms with Gasteiger partial charge in [-0.2, -0.15) is 0 Å². The highest BCUT2D eigenvalue weighted by Crippen LogP contribution is 2.31. The smallest absolute Gasteiger partial charge is 0.288 e. The molecule has 0 bridgehead atoms. The van der Waals surface area contributed by atoms with Crippen LogP contribution in [0, 0.1) is 15.9 Å². The fourth-order valence-corrected chi connectivity index (χ4v) is 1.79. The van der Waals surface area contributed by atoms with E-state index >= 15 is 0 Å². The SMILES string of the molecule is O=Cc1cc(F)cc(Oc2ccc([N+](=O)[O-])c(Cl)c2)c1. The average Bonchev–Trinajstić information content (AvgIpc) is 2.37. The molecule has 0 atom stereocenters. The van der Waals surface area contributed by atoms with Crippen LogP contribution in [0.4, 0.5) is 10.1 Å². The quantitative estimate of drug-likeness (QED) is 0.486. The largest absolute Gasteiger partial charge is 0.457 e. The van der Waals surface area contributed by atoms with Gasteiger partial charge in [0.25, 0.3) is 5.69 Å². The Morgan fingerprint density at radius 2 is 1.95 bits per heavy atom. The van der Waals surface area contributed by atoms with Crippen molar-refractivity contribution in [3.63, 3.8) is 0 Å². The normalized spacial score (nSPS) is 10.1. The summed E-state index contributed by atoms with van der Waals surface area (Å²) in [5.41, 5.74) is -0.139. The van der Waals surface area contributed by atoms with Gasteiger partial charge in [-0.05, 0) is 18.2 Å². The molecule has 0 radical (unpaired) electrons. The highest BCUT2D eigenvalue weighted by molar-refractivity contribution is 6.32. The molecule has 2 aromatic rings. The first-order chi connectivity index (χ1) is 9.49. The maximum atomic E-state index is 13.2. The molecular weight excluding hydrogens is 289 g/mol. The van der Waals surface area contributed by atoms with E-state index in [2.05, 4.69) is 0 Å². The van der Waals surface area contributed by atoms with Gasteiger partial charge in [-0.15, -0.1) is 0 Å². The minimum Gasteiger partial charge on any atom is -0.457 e. The molecule has 102 valence electrons. The fourth-order valence-electron chi connectivity index (χ4n) is 1.55. The van der Waals surface area contributed by atoms with E-state index in [4.69, 9.17) is 16.3 Å². The molecule has 0 aliphatic carbocycles. The number of halogens is 2. The van der Waals surface area contributed by atoms with Crippen LogP contribution in [0.5, 0.6) is 11.5 Å². The third kappa shape index (κ3) is 3.10. The van der Waals surface area contributed by atoms with Crippen molar-refractivity contribution < 1.29 is 18.8 Å². The summed E-state index contributed by atoms with van der Waals surface area (Å²) >= 11 is 5.73. The molecule has 0 spiro atoms. The summed E-state index contributed by atoms with van der Waals surface area (Å²) in [6.45, 7) is 0. The van der Waals surface area contributed by atoms with Gasteiger partial charge < -0.3 is 4.74 Å². The fraction of sp³-hybridized carbons (Fsp3) is 0. The number of hydrogen-bond acceptors (Lipinski definition) is 4. The number of carbonyl (C=O) groups excluding carboxylic acids is 1. The monoisotopic (exact) mass is 295 g/mol. The summed E-state index contributed by atoms with van der Waals surface area (Å²) in [6, 6.07) is 7.23. The van der Waals surface area contributed by atoms with Crippen molar-refractivity contribution >= 4 is 23.6 Å². The molecule has 0 aliphatic rings. The average molecular weight is 296 g/mol. The van der Waals surface area contributed by atoms with Crippen molar-refractivity contribution in [2.24, 2.45) is 0 Å². The van der Waals surface area contributed by atoms with E-state index in [0.717, 1.165) is 12.1 Å². The zero-order valence-corrected chi connectivity index (χ0v) is 10.6. The minimum atomic E-state index is -0.627. The Bertz CT molecular complexity index is 690. The zero-order valence-electron chi connectivity index (χ0n) is 9.88. The number of nitrogens with zero attached hydrogens (tertiary/aromatic N) is 1. The van der Waals surface area contributed by atoms with Gasteiger partial charge in [0.05, 0.1) is 4.92 Å². The van der Waals surface area contributed by atoms with Gasteiger partial charge in [0.15, 0.2) is 0 Å². The molecule has 5 nitrogen and oxygen atoms in total. The van der Waals surface area contributed by atoms with Crippen molar-refractivity contribution in [3.8, 4) is 11.5 Å². The van der Waals surface area contributed by atoms with Gasteiger partial charge in [-0.1, -0.05) is 11.6 Å². The van der Waals surface area contributed by atoms with Crippen LogP contribution in [-0.4, -0.2) is 11.2 Å². The highest BCUT2D eigenvalue weighted by atomic mass is 35.5. The number of rotatable bonds is 4. The second-order valence-electron chi connectivity index (χ2n) is 3.81. The molecule has 0 heterocycles. The first-order valence-electron chi connectivity index (χ1n) is 5.37. The van der Waals surface area contributed by atoms with Crippen molar-refractivity contribution in [3.05, 3.63) is 62.9 Å². The maximum absolute atomic E-state index is 13.2. The number of hydrogen-bond donors (Lipinski definition) is 0.